The van der Waals surface area contributed by atoms with Gasteiger partial charge in [0, 0.05) is 18.8 Å². The van der Waals surface area contributed by atoms with Crippen molar-refractivity contribution in [1.29, 1.82) is 0 Å². The molecular formula is C22H22ClF5N4O4S. The van der Waals surface area contributed by atoms with Gasteiger partial charge in [0.2, 0.25) is 5.91 Å². The van der Waals surface area contributed by atoms with Gasteiger partial charge in [0.15, 0.2) is 0 Å². The highest BCUT2D eigenvalue weighted by molar-refractivity contribution is 7.18. The van der Waals surface area contributed by atoms with Crippen LogP contribution in [0.3, 0.4) is 0 Å². The predicted molar refractivity (Wildman–Crippen MR) is 127 cm³/mol. The van der Waals surface area contributed by atoms with Crippen molar-refractivity contribution in [1.82, 2.24) is 10.2 Å². The van der Waals surface area contributed by atoms with Crippen LogP contribution in [0.1, 0.15) is 15.2 Å². The molecule has 1 aliphatic heterocycles. The first-order chi connectivity index (χ1) is 17.4. The number of nitrogens with one attached hydrogen (secondary N) is 2. The van der Waals surface area contributed by atoms with Gasteiger partial charge in [0.05, 0.1) is 33.6 Å². The van der Waals surface area contributed by atoms with E-state index in [4.69, 9.17) is 16.3 Å². The summed E-state index contributed by atoms with van der Waals surface area (Å²) in [7, 11) is 1.18. The number of halogens is 6. The Morgan fingerprint density at radius 2 is 1.97 bits per heavy atom. The minimum Gasteiger partial charge on any atom is -0.370 e. The Kier molecular flexibility index (Phi) is 9.45. The van der Waals surface area contributed by atoms with Gasteiger partial charge in [0.1, 0.15) is 12.6 Å². The highest BCUT2D eigenvalue weighted by Crippen LogP contribution is 2.37. The lowest BCUT2D eigenvalue weighted by Gasteiger charge is -2.29. The number of carbonyl (C=O) groups is 3. The van der Waals surface area contributed by atoms with Crippen molar-refractivity contribution in [2.75, 3.05) is 50.1 Å². The fourth-order valence-electron chi connectivity index (χ4n) is 3.56. The van der Waals surface area contributed by atoms with Crippen molar-refractivity contribution in [3.8, 4) is 0 Å². The fourth-order valence-corrected chi connectivity index (χ4v) is 4.52. The third kappa shape index (κ3) is 7.60. The standard InChI is InChI=1S/C22H22ClF5N4O4S/c1-31(10-18(24)25)15(9-29-21(35)16-4-5-17(23)37-16)20(34)30-14-3-2-12(8-13(14)22(26,27)28)32-6-7-36-11-19(32)33/h2-5,8,15,18H,6-7,9-11H2,1H3,(H,29,35)(H,30,34)/t15-/m1/s1. The van der Waals surface area contributed by atoms with E-state index in [1.165, 1.54) is 25.2 Å². The molecule has 37 heavy (non-hydrogen) atoms. The van der Waals surface area contributed by atoms with E-state index in [1.807, 2.05) is 0 Å². The molecule has 2 N–H and O–H groups in total. The third-order valence-corrected chi connectivity index (χ3v) is 6.61. The Morgan fingerprint density at radius 1 is 1.24 bits per heavy atom. The molecule has 3 rings (SSSR count). The van der Waals surface area contributed by atoms with Crippen molar-refractivity contribution in [2.24, 2.45) is 0 Å². The fraction of sp³-hybridized carbons (Fsp3) is 0.409. The lowest BCUT2D eigenvalue weighted by atomic mass is 10.1. The van der Waals surface area contributed by atoms with Gasteiger partial charge in [-0.1, -0.05) is 11.6 Å². The molecule has 0 bridgehead atoms. The van der Waals surface area contributed by atoms with E-state index in [2.05, 4.69) is 10.6 Å². The molecule has 0 spiro atoms. The van der Waals surface area contributed by atoms with E-state index in [1.54, 1.807) is 0 Å². The number of ether oxygens (including phenoxy) is 1. The normalized spacial score (nSPS) is 15.3. The molecule has 0 unspecified atom stereocenters. The molecule has 8 nitrogen and oxygen atoms in total. The summed E-state index contributed by atoms with van der Waals surface area (Å²) in [5, 5.41) is 4.56. The number of morpholine rings is 1. The topological polar surface area (TPSA) is 91.0 Å². The molecular weight excluding hydrogens is 547 g/mol. The van der Waals surface area contributed by atoms with Crippen LogP contribution in [0, 0.1) is 0 Å². The number of rotatable bonds is 9. The number of hydrogen-bond donors (Lipinski definition) is 2. The van der Waals surface area contributed by atoms with Crippen molar-refractivity contribution in [3.63, 3.8) is 0 Å². The zero-order valence-corrected chi connectivity index (χ0v) is 20.9. The van der Waals surface area contributed by atoms with E-state index >= 15 is 0 Å². The summed E-state index contributed by atoms with van der Waals surface area (Å²) in [6, 6.07) is 4.40. The molecule has 3 amide bonds. The number of anilines is 2. The highest BCUT2D eigenvalue weighted by Gasteiger charge is 2.36. The molecule has 0 aliphatic carbocycles. The first-order valence-corrected chi connectivity index (χ1v) is 12.0. The van der Waals surface area contributed by atoms with E-state index in [0.717, 1.165) is 33.3 Å². The van der Waals surface area contributed by atoms with Crippen LogP contribution in [0.15, 0.2) is 30.3 Å². The second-order valence-electron chi connectivity index (χ2n) is 7.98. The third-order valence-electron chi connectivity index (χ3n) is 5.38. The van der Waals surface area contributed by atoms with E-state index in [9.17, 15) is 36.3 Å². The maximum absolute atomic E-state index is 13.9. The average Bonchev–Trinajstić information content (AvgIpc) is 3.25. The number of hydrogen-bond acceptors (Lipinski definition) is 6. The molecule has 1 aromatic carbocycles. The van der Waals surface area contributed by atoms with Crippen LogP contribution in [-0.4, -0.2) is 75.0 Å². The number of nitrogens with zero attached hydrogens (tertiary/aromatic N) is 2. The number of benzene rings is 1. The SMILES string of the molecule is CN(CC(F)F)[C@H](CNC(=O)c1ccc(Cl)s1)C(=O)Nc1ccc(N2CCOCC2=O)cc1C(F)(F)F. The minimum atomic E-state index is -4.91. The monoisotopic (exact) mass is 568 g/mol. The number of thiophene rings is 1. The van der Waals surface area contributed by atoms with Crippen molar-refractivity contribution >= 4 is 52.0 Å². The van der Waals surface area contributed by atoms with Crippen molar-refractivity contribution < 1.29 is 41.1 Å². The molecule has 1 fully saturated rings. The summed E-state index contributed by atoms with van der Waals surface area (Å²) < 4.78 is 72.9. The summed E-state index contributed by atoms with van der Waals surface area (Å²) in [4.78, 5) is 39.6. The van der Waals surface area contributed by atoms with Gasteiger partial charge in [-0.15, -0.1) is 11.3 Å². The molecule has 2 aromatic rings. The maximum atomic E-state index is 13.9. The number of alkyl halides is 5. The van der Waals surface area contributed by atoms with Gasteiger partial charge >= 0.3 is 6.18 Å². The molecule has 1 aromatic heterocycles. The van der Waals surface area contributed by atoms with Crippen LogP contribution in [0.25, 0.3) is 0 Å². The molecule has 1 saturated heterocycles. The van der Waals surface area contributed by atoms with Crippen LogP contribution in [0.4, 0.5) is 33.3 Å². The Labute approximate surface area is 217 Å². The van der Waals surface area contributed by atoms with E-state index in [-0.39, 0.29) is 30.3 Å². The molecule has 15 heteroatoms. The number of carbonyl (C=O) groups excluding carboxylic acids is 3. The summed E-state index contributed by atoms with van der Waals surface area (Å²) in [5.41, 5.74) is -1.90. The molecule has 1 aliphatic rings. The summed E-state index contributed by atoms with van der Waals surface area (Å²) in [6.45, 7) is -1.42. The second kappa shape index (κ2) is 12.2. The van der Waals surface area contributed by atoms with Crippen LogP contribution < -0.4 is 15.5 Å². The van der Waals surface area contributed by atoms with Gasteiger partial charge in [-0.25, -0.2) is 8.78 Å². The van der Waals surface area contributed by atoms with Crippen LogP contribution in [-0.2, 0) is 20.5 Å². The van der Waals surface area contributed by atoms with Gasteiger partial charge in [0.25, 0.3) is 18.2 Å². The zero-order valence-electron chi connectivity index (χ0n) is 19.3. The molecule has 0 radical (unpaired) electrons. The lowest BCUT2D eigenvalue weighted by Crippen LogP contribution is -2.50. The quantitative estimate of drug-likeness (QED) is 0.450. The van der Waals surface area contributed by atoms with Crippen LogP contribution in [0.5, 0.6) is 0 Å². The first-order valence-electron chi connectivity index (χ1n) is 10.8. The lowest BCUT2D eigenvalue weighted by molar-refractivity contribution is -0.137. The largest absolute Gasteiger partial charge is 0.418 e. The Morgan fingerprint density at radius 3 is 2.57 bits per heavy atom. The minimum absolute atomic E-state index is 0.0353. The van der Waals surface area contributed by atoms with Crippen molar-refractivity contribution in [2.45, 2.75) is 18.6 Å². The number of amides is 3. The van der Waals surface area contributed by atoms with Gasteiger partial charge in [-0.2, -0.15) is 13.2 Å². The molecule has 202 valence electrons. The average molecular weight is 569 g/mol. The van der Waals surface area contributed by atoms with E-state index < -0.39 is 60.7 Å². The Bertz CT molecular complexity index is 1150. The van der Waals surface area contributed by atoms with Crippen LogP contribution in [0.2, 0.25) is 4.34 Å². The molecule has 0 saturated carbocycles. The summed E-state index contributed by atoms with van der Waals surface area (Å²) >= 11 is 6.75. The van der Waals surface area contributed by atoms with Gasteiger partial charge < -0.3 is 20.3 Å². The summed E-state index contributed by atoms with van der Waals surface area (Å²) in [6.07, 6.45) is -7.76. The highest BCUT2D eigenvalue weighted by atomic mass is 35.5. The summed E-state index contributed by atoms with van der Waals surface area (Å²) in [5.74, 6) is -2.20. The number of likely N-dealkylation sites (N-methyl/N-ethyl adjacent to an activating group) is 1. The van der Waals surface area contributed by atoms with E-state index in [0.29, 0.717) is 4.34 Å². The maximum Gasteiger partial charge on any atom is 0.418 e. The van der Waals surface area contributed by atoms with Gasteiger partial charge in [-0.05, 0) is 37.4 Å². The second-order valence-corrected chi connectivity index (χ2v) is 9.69. The molecule has 1 atom stereocenters. The predicted octanol–water partition coefficient (Wildman–Crippen LogP) is 3.72. The van der Waals surface area contributed by atoms with Gasteiger partial charge in [-0.3, -0.25) is 19.3 Å². The Balaban J connectivity index is 1.83. The first kappa shape index (κ1) is 28.8. The van der Waals surface area contributed by atoms with Crippen LogP contribution >= 0.6 is 22.9 Å². The smallest absolute Gasteiger partial charge is 0.370 e. The molecule has 2 heterocycles. The Hall–Kier alpha value is -2.81. The van der Waals surface area contributed by atoms with Crippen molar-refractivity contribution in [3.05, 3.63) is 45.1 Å². The zero-order chi connectivity index (χ0) is 27.3.